The second-order valence-electron chi connectivity index (χ2n) is 6.14. The Kier molecular flexibility index (Phi) is 5.80. The summed E-state index contributed by atoms with van der Waals surface area (Å²) in [6.45, 7) is 5.70. The minimum Gasteiger partial charge on any atom is -0.346 e. The van der Waals surface area contributed by atoms with E-state index in [0.29, 0.717) is 25.2 Å². The van der Waals surface area contributed by atoms with Crippen LogP contribution in [0.4, 0.5) is 0 Å². The van der Waals surface area contributed by atoms with Crippen LogP contribution in [0.25, 0.3) is 0 Å². The number of aryl methyl sites for hydroxylation is 1. The summed E-state index contributed by atoms with van der Waals surface area (Å²) in [6, 6.07) is 10.2. The van der Waals surface area contributed by atoms with Gasteiger partial charge in [0.1, 0.15) is 5.69 Å². The van der Waals surface area contributed by atoms with E-state index in [1.165, 1.54) is 16.9 Å². The molecule has 2 aromatic heterocycles. The van der Waals surface area contributed by atoms with Crippen LogP contribution in [0.1, 0.15) is 38.0 Å². The van der Waals surface area contributed by atoms with Crippen molar-refractivity contribution in [3.05, 3.63) is 68.9 Å². The number of carbonyl (C=O) groups is 1. The van der Waals surface area contributed by atoms with E-state index in [4.69, 9.17) is 5.73 Å². The Morgan fingerprint density at radius 1 is 1.27 bits per heavy atom. The van der Waals surface area contributed by atoms with Crippen LogP contribution in [0.15, 0.2) is 35.7 Å². The van der Waals surface area contributed by atoms with Gasteiger partial charge in [-0.25, -0.2) is 4.98 Å². The van der Waals surface area contributed by atoms with Gasteiger partial charge in [-0.15, -0.1) is 11.3 Å². The molecule has 0 aliphatic carbocycles. The molecule has 0 bridgehead atoms. The van der Waals surface area contributed by atoms with Crippen molar-refractivity contribution in [2.75, 3.05) is 6.54 Å². The summed E-state index contributed by atoms with van der Waals surface area (Å²) in [4.78, 5) is 16.7. The molecule has 136 valence electrons. The lowest BCUT2D eigenvalue weighted by Gasteiger charge is -2.07. The van der Waals surface area contributed by atoms with E-state index in [1.54, 1.807) is 5.38 Å². The molecule has 3 aromatic rings. The minimum absolute atomic E-state index is 0.167. The van der Waals surface area contributed by atoms with Crippen molar-refractivity contribution in [1.29, 1.82) is 0 Å². The van der Waals surface area contributed by atoms with Crippen LogP contribution in [0.5, 0.6) is 0 Å². The molecule has 0 radical (unpaired) electrons. The van der Waals surface area contributed by atoms with Crippen LogP contribution < -0.4 is 11.1 Å². The third kappa shape index (κ3) is 4.17. The fourth-order valence-corrected chi connectivity index (χ4v) is 3.61. The van der Waals surface area contributed by atoms with E-state index in [2.05, 4.69) is 27.5 Å². The molecule has 0 spiro atoms. The zero-order valence-corrected chi connectivity index (χ0v) is 15.8. The van der Waals surface area contributed by atoms with Crippen molar-refractivity contribution in [1.82, 2.24) is 20.1 Å². The number of rotatable bonds is 7. The highest BCUT2D eigenvalue weighted by Gasteiger charge is 2.15. The highest BCUT2D eigenvalue weighted by molar-refractivity contribution is 7.09. The fraction of sp³-hybridized carbons (Fsp3) is 0.316. The number of benzene rings is 1. The molecule has 0 saturated carbocycles. The number of nitrogens with zero attached hydrogens (tertiary/aromatic N) is 3. The number of amides is 1. The molecule has 0 aliphatic heterocycles. The maximum Gasteiger partial charge on any atom is 0.271 e. The number of hydrogen-bond acceptors (Lipinski definition) is 5. The van der Waals surface area contributed by atoms with Crippen LogP contribution >= 0.6 is 11.3 Å². The van der Waals surface area contributed by atoms with Crippen LogP contribution in [0.3, 0.4) is 0 Å². The van der Waals surface area contributed by atoms with Gasteiger partial charge in [-0.1, -0.05) is 30.3 Å². The summed E-state index contributed by atoms with van der Waals surface area (Å²) in [7, 11) is 0. The second-order valence-corrected chi connectivity index (χ2v) is 7.08. The Balaban J connectivity index is 1.67. The third-order valence-corrected chi connectivity index (χ3v) is 5.18. The first kappa shape index (κ1) is 18.3. The van der Waals surface area contributed by atoms with E-state index in [9.17, 15) is 4.79 Å². The van der Waals surface area contributed by atoms with Crippen LogP contribution in [0.2, 0.25) is 0 Å². The summed E-state index contributed by atoms with van der Waals surface area (Å²) < 4.78 is 1.98. The van der Waals surface area contributed by atoms with Crippen molar-refractivity contribution in [3.63, 3.8) is 0 Å². The van der Waals surface area contributed by atoms with Crippen molar-refractivity contribution >= 4 is 17.2 Å². The Morgan fingerprint density at radius 3 is 2.77 bits per heavy atom. The van der Waals surface area contributed by atoms with Gasteiger partial charge in [0.2, 0.25) is 0 Å². The van der Waals surface area contributed by atoms with Gasteiger partial charge in [-0.3, -0.25) is 9.48 Å². The third-order valence-electron chi connectivity index (χ3n) is 4.27. The number of carbonyl (C=O) groups excluding carboxylic acids is 1. The lowest BCUT2D eigenvalue weighted by molar-refractivity contribution is 0.0946. The van der Waals surface area contributed by atoms with Gasteiger partial charge in [0.05, 0.1) is 17.2 Å². The molecule has 6 nitrogen and oxygen atoms in total. The summed E-state index contributed by atoms with van der Waals surface area (Å²) in [5.74, 6) is -0.167. The quantitative estimate of drug-likeness (QED) is 0.670. The monoisotopic (exact) mass is 369 g/mol. The zero-order chi connectivity index (χ0) is 18.5. The maximum atomic E-state index is 12.3. The molecule has 3 rings (SSSR count). The standard InChI is InChI=1S/C19H23N5OS/c1-13-16(10-21-19(25)17-12-26-18(22-17)8-9-20)14(2)24(23-13)11-15-6-4-3-5-7-15/h3-7,12H,8-11,20H2,1-2H3,(H,21,25). The van der Waals surface area contributed by atoms with Gasteiger partial charge < -0.3 is 11.1 Å². The lowest BCUT2D eigenvalue weighted by Crippen LogP contribution is -2.24. The Labute approximate surface area is 157 Å². The summed E-state index contributed by atoms with van der Waals surface area (Å²) >= 11 is 1.47. The first-order valence-corrected chi connectivity index (χ1v) is 9.46. The lowest BCUT2D eigenvalue weighted by atomic mass is 10.2. The molecule has 26 heavy (non-hydrogen) atoms. The molecule has 0 aliphatic rings. The molecule has 3 N–H and O–H groups in total. The molecule has 1 aromatic carbocycles. The predicted molar refractivity (Wildman–Crippen MR) is 103 cm³/mol. The van der Waals surface area contributed by atoms with Crippen LogP contribution in [-0.2, 0) is 19.5 Å². The fourth-order valence-electron chi connectivity index (χ4n) is 2.81. The van der Waals surface area contributed by atoms with E-state index >= 15 is 0 Å². The smallest absolute Gasteiger partial charge is 0.271 e. The zero-order valence-electron chi connectivity index (χ0n) is 15.0. The van der Waals surface area contributed by atoms with Gasteiger partial charge in [0.15, 0.2) is 0 Å². The SMILES string of the molecule is Cc1nn(Cc2ccccc2)c(C)c1CNC(=O)c1csc(CCN)n1. The number of nitrogens with two attached hydrogens (primary N) is 1. The first-order valence-electron chi connectivity index (χ1n) is 8.58. The molecule has 7 heteroatoms. The maximum absolute atomic E-state index is 12.3. The van der Waals surface area contributed by atoms with E-state index < -0.39 is 0 Å². The summed E-state index contributed by atoms with van der Waals surface area (Å²) in [6.07, 6.45) is 0.697. The van der Waals surface area contributed by atoms with Crippen LogP contribution in [0, 0.1) is 13.8 Å². The van der Waals surface area contributed by atoms with Crippen molar-refractivity contribution in [3.8, 4) is 0 Å². The number of hydrogen-bond donors (Lipinski definition) is 2. The predicted octanol–water partition coefficient (Wildman–Crippen LogP) is 2.44. The Bertz CT molecular complexity index is 885. The number of thiazole rings is 1. The highest BCUT2D eigenvalue weighted by atomic mass is 32.1. The average molecular weight is 369 g/mol. The summed E-state index contributed by atoms with van der Waals surface area (Å²) in [5.41, 5.74) is 10.2. The molecule has 1 amide bonds. The second kappa shape index (κ2) is 8.25. The van der Waals surface area contributed by atoms with Gasteiger partial charge in [-0.05, 0) is 26.0 Å². The number of aromatic nitrogens is 3. The van der Waals surface area contributed by atoms with E-state index in [1.807, 2.05) is 36.7 Å². The van der Waals surface area contributed by atoms with Crippen LogP contribution in [-0.4, -0.2) is 27.2 Å². The van der Waals surface area contributed by atoms with Gasteiger partial charge >= 0.3 is 0 Å². The van der Waals surface area contributed by atoms with E-state index in [0.717, 1.165) is 28.5 Å². The Morgan fingerprint density at radius 2 is 2.04 bits per heavy atom. The largest absolute Gasteiger partial charge is 0.346 e. The van der Waals surface area contributed by atoms with Crippen molar-refractivity contribution in [2.45, 2.75) is 33.4 Å². The molecule has 0 atom stereocenters. The van der Waals surface area contributed by atoms with Crippen molar-refractivity contribution in [2.24, 2.45) is 5.73 Å². The minimum atomic E-state index is -0.167. The molecular weight excluding hydrogens is 346 g/mol. The van der Waals surface area contributed by atoms with Crippen molar-refractivity contribution < 1.29 is 4.79 Å². The molecule has 2 heterocycles. The average Bonchev–Trinajstić information content (AvgIpc) is 3.20. The van der Waals surface area contributed by atoms with Gasteiger partial charge in [0, 0.05) is 29.6 Å². The Hall–Kier alpha value is -2.51. The van der Waals surface area contributed by atoms with Gasteiger partial charge in [0.25, 0.3) is 5.91 Å². The first-order chi connectivity index (χ1) is 12.6. The number of nitrogens with one attached hydrogen (secondary N) is 1. The van der Waals surface area contributed by atoms with Gasteiger partial charge in [-0.2, -0.15) is 5.10 Å². The van der Waals surface area contributed by atoms with E-state index in [-0.39, 0.29) is 5.91 Å². The molecule has 0 fully saturated rings. The topological polar surface area (TPSA) is 85.8 Å². The molecule has 0 unspecified atom stereocenters. The summed E-state index contributed by atoms with van der Waals surface area (Å²) in [5, 5.41) is 10.2. The molecular formula is C19H23N5OS. The molecule has 0 saturated heterocycles. The normalized spacial score (nSPS) is 10.9. The highest BCUT2D eigenvalue weighted by Crippen LogP contribution is 2.15.